The predicted octanol–water partition coefficient (Wildman–Crippen LogP) is 4.08. The summed E-state index contributed by atoms with van der Waals surface area (Å²) in [6, 6.07) is 8.43. The first-order chi connectivity index (χ1) is 9.70. The average molecular weight is 292 g/mol. The van der Waals surface area contributed by atoms with Crippen molar-refractivity contribution in [1.29, 1.82) is 0 Å². The molecule has 0 saturated carbocycles. The van der Waals surface area contributed by atoms with Crippen LogP contribution in [0.4, 0.5) is 5.69 Å². The minimum Gasteiger partial charge on any atom is -0.384 e. The van der Waals surface area contributed by atoms with E-state index in [-0.39, 0.29) is 0 Å². The van der Waals surface area contributed by atoms with Crippen molar-refractivity contribution in [2.24, 2.45) is 0 Å². The summed E-state index contributed by atoms with van der Waals surface area (Å²) < 4.78 is 0. The first-order valence-electron chi connectivity index (χ1n) is 7.22. The summed E-state index contributed by atoms with van der Waals surface area (Å²) in [6.07, 6.45) is 4.09. The summed E-state index contributed by atoms with van der Waals surface area (Å²) in [5.74, 6) is 0. The van der Waals surface area contributed by atoms with E-state index in [9.17, 15) is 0 Å². The summed E-state index contributed by atoms with van der Waals surface area (Å²) in [5, 5.41) is 8.81. The van der Waals surface area contributed by atoms with Crippen LogP contribution in [-0.4, -0.2) is 24.1 Å². The first-order valence-corrected chi connectivity index (χ1v) is 7.60. The van der Waals surface area contributed by atoms with Gasteiger partial charge in [-0.05, 0) is 50.6 Å². The molecule has 2 aromatic rings. The maximum Gasteiger partial charge on any atom is 0.0737 e. The maximum absolute atomic E-state index is 5.99. The molecule has 4 heteroatoms. The number of hydrogen-bond donors (Lipinski definition) is 2. The van der Waals surface area contributed by atoms with Gasteiger partial charge in [0.1, 0.15) is 0 Å². The zero-order valence-electron chi connectivity index (χ0n) is 12.1. The van der Waals surface area contributed by atoms with Gasteiger partial charge in [0.25, 0.3) is 0 Å². The Kier molecular flexibility index (Phi) is 5.62. The summed E-state index contributed by atoms with van der Waals surface area (Å²) >= 11 is 5.99. The number of aromatic nitrogens is 1. The number of halogens is 1. The summed E-state index contributed by atoms with van der Waals surface area (Å²) in [7, 11) is 0. The molecule has 2 rings (SSSR count). The monoisotopic (exact) mass is 291 g/mol. The Morgan fingerprint density at radius 3 is 2.90 bits per heavy atom. The lowest BCUT2D eigenvalue weighted by atomic mass is 10.2. The number of fused-ring (bicyclic) bond motifs is 1. The molecule has 0 aliphatic heterocycles. The van der Waals surface area contributed by atoms with Crippen LogP contribution in [0.15, 0.2) is 30.5 Å². The lowest BCUT2D eigenvalue weighted by molar-refractivity contribution is 0.529. The van der Waals surface area contributed by atoms with Gasteiger partial charge in [-0.2, -0.15) is 0 Å². The van der Waals surface area contributed by atoms with Gasteiger partial charge in [-0.25, -0.2) is 0 Å². The van der Waals surface area contributed by atoms with Crippen molar-refractivity contribution in [1.82, 2.24) is 10.3 Å². The molecule has 108 valence electrons. The van der Waals surface area contributed by atoms with E-state index >= 15 is 0 Å². The Morgan fingerprint density at radius 2 is 2.10 bits per heavy atom. The molecule has 0 aliphatic carbocycles. The number of benzene rings is 1. The lowest BCUT2D eigenvalue weighted by Gasteiger charge is -2.12. The molecular weight excluding hydrogens is 270 g/mol. The van der Waals surface area contributed by atoms with E-state index in [2.05, 4.69) is 29.5 Å². The molecule has 3 nitrogen and oxygen atoms in total. The fourth-order valence-electron chi connectivity index (χ4n) is 2.08. The molecule has 0 radical (unpaired) electrons. The van der Waals surface area contributed by atoms with Crippen LogP contribution in [0.25, 0.3) is 10.9 Å². The second-order valence-corrected chi connectivity index (χ2v) is 5.50. The van der Waals surface area contributed by atoms with E-state index in [4.69, 9.17) is 11.6 Å². The van der Waals surface area contributed by atoms with Crippen LogP contribution in [0.5, 0.6) is 0 Å². The second kappa shape index (κ2) is 7.46. The van der Waals surface area contributed by atoms with Crippen LogP contribution in [0, 0.1) is 0 Å². The Bertz CT molecular complexity index is 556. The van der Waals surface area contributed by atoms with Gasteiger partial charge in [0.05, 0.1) is 5.52 Å². The number of nitrogens with zero attached hydrogens (tertiary/aromatic N) is 1. The van der Waals surface area contributed by atoms with E-state index in [0.717, 1.165) is 41.1 Å². The third-order valence-electron chi connectivity index (χ3n) is 3.48. The topological polar surface area (TPSA) is 37.0 Å². The maximum atomic E-state index is 5.99. The highest BCUT2D eigenvalue weighted by Gasteiger charge is 2.02. The molecule has 1 aromatic carbocycles. The van der Waals surface area contributed by atoms with E-state index in [1.54, 1.807) is 0 Å². The summed E-state index contributed by atoms with van der Waals surface area (Å²) in [6.45, 7) is 6.40. The number of pyridine rings is 1. The highest BCUT2D eigenvalue weighted by Crippen LogP contribution is 2.24. The van der Waals surface area contributed by atoms with Crippen molar-refractivity contribution < 1.29 is 0 Å². The third-order valence-corrected chi connectivity index (χ3v) is 3.71. The van der Waals surface area contributed by atoms with Crippen LogP contribution < -0.4 is 10.6 Å². The molecule has 1 aromatic heterocycles. The van der Waals surface area contributed by atoms with Gasteiger partial charge in [0, 0.05) is 34.9 Å². The van der Waals surface area contributed by atoms with Gasteiger partial charge in [-0.15, -0.1) is 0 Å². The SMILES string of the molecule is CCC(C)NCCCNc1ccnc2cc(Cl)ccc12. The predicted molar refractivity (Wildman–Crippen MR) is 87.6 cm³/mol. The van der Waals surface area contributed by atoms with Gasteiger partial charge in [-0.1, -0.05) is 18.5 Å². The number of anilines is 1. The number of hydrogen-bond acceptors (Lipinski definition) is 3. The zero-order chi connectivity index (χ0) is 14.4. The Balaban J connectivity index is 1.90. The molecule has 1 heterocycles. The molecule has 0 fully saturated rings. The van der Waals surface area contributed by atoms with E-state index in [0.29, 0.717) is 6.04 Å². The molecule has 0 aliphatic rings. The normalized spacial score (nSPS) is 12.6. The molecule has 0 amide bonds. The van der Waals surface area contributed by atoms with Crippen LogP contribution in [0.1, 0.15) is 26.7 Å². The smallest absolute Gasteiger partial charge is 0.0737 e. The largest absolute Gasteiger partial charge is 0.384 e. The lowest BCUT2D eigenvalue weighted by Crippen LogP contribution is -2.27. The minimum absolute atomic E-state index is 0.596. The van der Waals surface area contributed by atoms with Gasteiger partial charge in [-0.3, -0.25) is 4.98 Å². The van der Waals surface area contributed by atoms with Gasteiger partial charge in [0.2, 0.25) is 0 Å². The first kappa shape index (κ1) is 15.1. The van der Waals surface area contributed by atoms with Crippen LogP contribution in [0.2, 0.25) is 5.02 Å². The molecule has 20 heavy (non-hydrogen) atoms. The Morgan fingerprint density at radius 1 is 1.25 bits per heavy atom. The standard InChI is InChI=1S/C16H22ClN3/c1-3-12(2)18-8-4-9-19-15-7-10-20-16-11-13(17)5-6-14(15)16/h5-7,10-12,18H,3-4,8-9H2,1-2H3,(H,19,20). The van der Waals surface area contributed by atoms with Gasteiger partial charge >= 0.3 is 0 Å². The van der Waals surface area contributed by atoms with Crippen molar-refractivity contribution in [3.05, 3.63) is 35.5 Å². The third kappa shape index (κ3) is 4.09. The molecule has 1 atom stereocenters. The molecule has 0 bridgehead atoms. The second-order valence-electron chi connectivity index (χ2n) is 5.06. The van der Waals surface area contributed by atoms with Crippen molar-refractivity contribution in [2.75, 3.05) is 18.4 Å². The zero-order valence-corrected chi connectivity index (χ0v) is 12.9. The van der Waals surface area contributed by atoms with Crippen molar-refractivity contribution in [2.45, 2.75) is 32.7 Å². The Labute approximate surface area is 125 Å². The average Bonchev–Trinajstić information content (AvgIpc) is 2.46. The number of rotatable bonds is 7. The Hall–Kier alpha value is -1.32. The van der Waals surface area contributed by atoms with Gasteiger partial charge in [0.15, 0.2) is 0 Å². The summed E-state index contributed by atoms with van der Waals surface area (Å²) in [5.41, 5.74) is 2.05. The highest BCUT2D eigenvalue weighted by molar-refractivity contribution is 6.31. The van der Waals surface area contributed by atoms with Crippen LogP contribution in [0.3, 0.4) is 0 Å². The van der Waals surface area contributed by atoms with Crippen molar-refractivity contribution in [3.63, 3.8) is 0 Å². The molecule has 0 saturated heterocycles. The van der Waals surface area contributed by atoms with Gasteiger partial charge < -0.3 is 10.6 Å². The quantitative estimate of drug-likeness (QED) is 0.755. The molecule has 1 unspecified atom stereocenters. The fourth-order valence-corrected chi connectivity index (χ4v) is 2.25. The minimum atomic E-state index is 0.596. The van der Waals surface area contributed by atoms with E-state index in [1.165, 1.54) is 6.42 Å². The molecule has 2 N–H and O–H groups in total. The van der Waals surface area contributed by atoms with E-state index < -0.39 is 0 Å². The van der Waals surface area contributed by atoms with Crippen molar-refractivity contribution >= 4 is 28.2 Å². The number of nitrogens with one attached hydrogen (secondary N) is 2. The highest BCUT2D eigenvalue weighted by atomic mass is 35.5. The molecular formula is C16H22ClN3. The van der Waals surface area contributed by atoms with E-state index in [1.807, 2.05) is 30.5 Å². The summed E-state index contributed by atoms with van der Waals surface area (Å²) in [4.78, 5) is 4.34. The van der Waals surface area contributed by atoms with Crippen LogP contribution in [-0.2, 0) is 0 Å². The molecule has 0 spiro atoms. The fraction of sp³-hybridized carbons (Fsp3) is 0.438. The van der Waals surface area contributed by atoms with Crippen LogP contribution >= 0.6 is 11.6 Å². The van der Waals surface area contributed by atoms with Crippen molar-refractivity contribution in [3.8, 4) is 0 Å².